The molecule has 0 unspecified atom stereocenters. The van der Waals surface area contributed by atoms with E-state index >= 15 is 0 Å². The zero-order valence-electron chi connectivity index (χ0n) is 16.5. The quantitative estimate of drug-likeness (QED) is 0.750. The van der Waals surface area contributed by atoms with Gasteiger partial charge in [-0.2, -0.15) is 14.6 Å². The van der Waals surface area contributed by atoms with Crippen molar-refractivity contribution in [1.29, 1.82) is 5.26 Å². The van der Waals surface area contributed by atoms with E-state index in [0.29, 0.717) is 30.5 Å². The van der Waals surface area contributed by atoms with Gasteiger partial charge in [0.1, 0.15) is 5.82 Å². The molecule has 1 aliphatic carbocycles. The molecule has 2 aliphatic rings. The molecule has 0 bridgehead atoms. The average molecular weight is 413 g/mol. The lowest BCUT2D eigenvalue weighted by molar-refractivity contribution is 0.387. The maximum Gasteiger partial charge on any atom is 0.243 e. The fraction of sp³-hybridized carbons (Fsp3) is 0.450. The van der Waals surface area contributed by atoms with E-state index in [0.717, 1.165) is 29.9 Å². The van der Waals surface area contributed by atoms with Crippen molar-refractivity contribution >= 4 is 21.8 Å². The zero-order valence-corrected chi connectivity index (χ0v) is 17.3. The van der Waals surface area contributed by atoms with Gasteiger partial charge in [-0.15, -0.1) is 0 Å². The van der Waals surface area contributed by atoms with Gasteiger partial charge in [-0.3, -0.25) is 0 Å². The first-order chi connectivity index (χ1) is 13.9. The molecule has 1 saturated carbocycles. The van der Waals surface area contributed by atoms with Gasteiger partial charge in [0, 0.05) is 37.2 Å². The molecule has 2 aromatic rings. The van der Waals surface area contributed by atoms with Crippen LogP contribution in [0.5, 0.6) is 0 Å². The Labute approximate surface area is 171 Å². The molecular weight excluding hydrogens is 388 g/mol. The molecule has 0 atom stereocenters. The summed E-state index contributed by atoms with van der Waals surface area (Å²) in [6.45, 7) is 4.65. The molecule has 9 heteroatoms. The van der Waals surface area contributed by atoms with E-state index in [2.05, 4.69) is 20.6 Å². The molecule has 0 amide bonds. The molecule has 8 nitrogen and oxygen atoms in total. The van der Waals surface area contributed by atoms with Crippen molar-refractivity contribution in [3.63, 3.8) is 0 Å². The van der Waals surface area contributed by atoms with Crippen molar-refractivity contribution in [2.45, 2.75) is 56.6 Å². The minimum atomic E-state index is -3.66. The Kier molecular flexibility index (Phi) is 5.15. The van der Waals surface area contributed by atoms with Crippen LogP contribution in [0.15, 0.2) is 29.2 Å². The summed E-state index contributed by atoms with van der Waals surface area (Å²) in [5.74, 6) is 1.30. The standard InChI is InChI=1S/C20H24N6O2S/c1-13(2)22-20-24-18-9-10-26(12-17(18)19(25-20)23-15-5-6-15)29(27,28)16-7-3-14(11-21)4-8-16/h3-4,7-8,13,15H,5-6,9-10,12H2,1-2H3,(H2,22,23,24,25). The second-order valence-electron chi connectivity index (χ2n) is 7.76. The molecule has 1 aliphatic heterocycles. The third-order valence-corrected chi connectivity index (χ3v) is 6.84. The van der Waals surface area contributed by atoms with Crippen LogP contribution in [-0.4, -0.2) is 41.3 Å². The number of nitrogens with zero attached hydrogens (tertiary/aromatic N) is 4. The summed E-state index contributed by atoms with van der Waals surface area (Å²) in [4.78, 5) is 9.45. The minimum absolute atomic E-state index is 0.190. The van der Waals surface area contributed by atoms with Gasteiger partial charge in [-0.25, -0.2) is 13.4 Å². The number of aromatic nitrogens is 2. The van der Waals surface area contributed by atoms with Crippen LogP contribution in [-0.2, 0) is 23.0 Å². The second kappa shape index (κ2) is 7.61. The van der Waals surface area contributed by atoms with E-state index in [1.54, 1.807) is 0 Å². The van der Waals surface area contributed by atoms with E-state index in [1.807, 2.05) is 19.9 Å². The maximum absolute atomic E-state index is 13.1. The van der Waals surface area contributed by atoms with Crippen LogP contribution in [0.1, 0.15) is 43.5 Å². The highest BCUT2D eigenvalue weighted by Crippen LogP contribution is 2.32. The van der Waals surface area contributed by atoms with E-state index in [1.165, 1.54) is 28.6 Å². The first-order valence-corrected chi connectivity index (χ1v) is 11.2. The number of sulfonamides is 1. The average Bonchev–Trinajstić information content (AvgIpc) is 3.51. The third-order valence-electron chi connectivity index (χ3n) is 4.98. The van der Waals surface area contributed by atoms with E-state index < -0.39 is 10.0 Å². The van der Waals surface area contributed by atoms with Crippen molar-refractivity contribution < 1.29 is 8.42 Å². The molecule has 1 fully saturated rings. The van der Waals surface area contributed by atoms with Crippen LogP contribution >= 0.6 is 0 Å². The van der Waals surface area contributed by atoms with Crippen LogP contribution in [0, 0.1) is 11.3 Å². The third kappa shape index (κ3) is 4.18. The molecule has 2 heterocycles. The molecule has 0 radical (unpaired) electrons. The van der Waals surface area contributed by atoms with E-state index in [9.17, 15) is 8.42 Å². The van der Waals surface area contributed by atoms with Gasteiger partial charge in [0.05, 0.1) is 22.2 Å². The summed E-state index contributed by atoms with van der Waals surface area (Å²) in [7, 11) is -3.66. The largest absolute Gasteiger partial charge is 0.367 e. The summed E-state index contributed by atoms with van der Waals surface area (Å²) in [6.07, 6.45) is 2.72. The molecule has 2 N–H and O–H groups in total. The number of nitrogens with one attached hydrogen (secondary N) is 2. The predicted molar refractivity (Wildman–Crippen MR) is 110 cm³/mol. The molecule has 4 rings (SSSR count). The Morgan fingerprint density at radius 1 is 1.21 bits per heavy atom. The van der Waals surface area contributed by atoms with E-state index in [-0.39, 0.29) is 17.5 Å². The van der Waals surface area contributed by atoms with Gasteiger partial charge in [0.25, 0.3) is 0 Å². The van der Waals surface area contributed by atoms with Gasteiger partial charge in [0.15, 0.2) is 0 Å². The lowest BCUT2D eigenvalue weighted by Gasteiger charge is -2.29. The SMILES string of the molecule is CC(C)Nc1nc2c(c(NC3CC3)n1)CN(S(=O)(=O)c1ccc(C#N)cc1)CC2. The molecule has 152 valence electrons. The Hall–Kier alpha value is -2.70. The lowest BCUT2D eigenvalue weighted by atomic mass is 10.1. The summed E-state index contributed by atoms with van der Waals surface area (Å²) in [6, 6.07) is 8.63. The van der Waals surface area contributed by atoms with Crippen LogP contribution < -0.4 is 10.6 Å². The summed E-state index contributed by atoms with van der Waals surface area (Å²) >= 11 is 0. The van der Waals surface area contributed by atoms with Gasteiger partial charge in [0.2, 0.25) is 16.0 Å². The summed E-state index contributed by atoms with van der Waals surface area (Å²) in [5, 5.41) is 15.6. The molecule has 0 saturated heterocycles. The van der Waals surface area contributed by atoms with Gasteiger partial charge in [-0.1, -0.05) is 0 Å². The Morgan fingerprint density at radius 2 is 1.93 bits per heavy atom. The highest BCUT2D eigenvalue weighted by molar-refractivity contribution is 7.89. The molecule has 0 spiro atoms. The number of hydrogen-bond acceptors (Lipinski definition) is 7. The number of rotatable bonds is 6. The fourth-order valence-corrected chi connectivity index (χ4v) is 4.72. The highest BCUT2D eigenvalue weighted by atomic mass is 32.2. The zero-order chi connectivity index (χ0) is 20.6. The lowest BCUT2D eigenvalue weighted by Crippen LogP contribution is -2.37. The van der Waals surface area contributed by atoms with Crippen molar-refractivity contribution in [3.05, 3.63) is 41.1 Å². The van der Waals surface area contributed by atoms with Crippen LogP contribution in [0.25, 0.3) is 0 Å². The first kappa shape index (κ1) is 19.6. The first-order valence-electron chi connectivity index (χ1n) is 9.80. The van der Waals surface area contributed by atoms with Gasteiger partial charge >= 0.3 is 0 Å². The minimum Gasteiger partial charge on any atom is -0.367 e. The van der Waals surface area contributed by atoms with Crippen molar-refractivity contribution in [1.82, 2.24) is 14.3 Å². The fourth-order valence-electron chi connectivity index (χ4n) is 3.31. The van der Waals surface area contributed by atoms with Crippen molar-refractivity contribution in [3.8, 4) is 6.07 Å². The topological polar surface area (TPSA) is 111 Å². The molecular formula is C20H24N6O2S. The van der Waals surface area contributed by atoms with Crippen molar-refractivity contribution in [2.75, 3.05) is 17.2 Å². The maximum atomic E-state index is 13.1. The molecule has 1 aromatic carbocycles. The molecule has 1 aromatic heterocycles. The Balaban J connectivity index is 1.65. The summed E-state index contributed by atoms with van der Waals surface area (Å²) < 4.78 is 27.7. The van der Waals surface area contributed by atoms with Crippen LogP contribution in [0.4, 0.5) is 11.8 Å². The molecule has 29 heavy (non-hydrogen) atoms. The van der Waals surface area contributed by atoms with Crippen molar-refractivity contribution in [2.24, 2.45) is 0 Å². The van der Waals surface area contributed by atoms with E-state index in [4.69, 9.17) is 5.26 Å². The second-order valence-corrected chi connectivity index (χ2v) is 9.70. The summed E-state index contributed by atoms with van der Waals surface area (Å²) in [5.41, 5.74) is 2.16. The Morgan fingerprint density at radius 3 is 2.55 bits per heavy atom. The number of anilines is 2. The number of nitriles is 1. The van der Waals surface area contributed by atoms with Crippen LogP contribution in [0.3, 0.4) is 0 Å². The monoisotopic (exact) mass is 412 g/mol. The smallest absolute Gasteiger partial charge is 0.243 e. The Bertz CT molecular complexity index is 1060. The highest BCUT2D eigenvalue weighted by Gasteiger charge is 2.32. The number of fused-ring (bicyclic) bond motifs is 1. The van der Waals surface area contributed by atoms with Gasteiger partial charge in [-0.05, 0) is 51.0 Å². The number of benzene rings is 1. The van der Waals surface area contributed by atoms with Gasteiger partial charge < -0.3 is 10.6 Å². The normalized spacial score (nSPS) is 16.9. The predicted octanol–water partition coefficient (Wildman–Crippen LogP) is 2.49. The number of hydrogen-bond donors (Lipinski definition) is 2. The van der Waals surface area contributed by atoms with Crippen LogP contribution in [0.2, 0.25) is 0 Å².